The van der Waals surface area contributed by atoms with Gasteiger partial charge in [-0.05, 0) is 11.5 Å². The third kappa shape index (κ3) is 1.32. The van der Waals surface area contributed by atoms with Gasteiger partial charge in [0.15, 0.2) is 5.58 Å². The van der Waals surface area contributed by atoms with Crippen LogP contribution in [-0.4, -0.2) is 4.98 Å². The molecule has 68 valence electrons. The molecule has 0 fully saturated rings. The minimum absolute atomic E-state index is 0.0193. The highest BCUT2D eigenvalue weighted by Crippen LogP contribution is 2.28. The molecule has 2 rings (SSSR count). The van der Waals surface area contributed by atoms with Crippen molar-refractivity contribution in [1.29, 1.82) is 0 Å². The molecular formula is C11H13NO. The summed E-state index contributed by atoms with van der Waals surface area (Å²) in [5.74, 6) is 0. The van der Waals surface area contributed by atoms with Crippen LogP contribution in [-0.2, 0) is 5.41 Å². The Morgan fingerprint density at radius 2 is 2.15 bits per heavy atom. The standard InChI is InChI=1S/C11H13NO/c1-11(2,3)8-4-6-12-9-5-7-13-10(8)9/h4-7H,1-3H3/i7D. The van der Waals surface area contributed by atoms with E-state index in [9.17, 15) is 0 Å². The maximum Gasteiger partial charge on any atom is 0.155 e. The summed E-state index contributed by atoms with van der Waals surface area (Å²) in [6.07, 6.45) is 1.93. The predicted molar refractivity (Wildman–Crippen MR) is 52.7 cm³/mol. The molecule has 2 heterocycles. The maximum absolute atomic E-state index is 7.42. The van der Waals surface area contributed by atoms with Crippen LogP contribution in [0.5, 0.6) is 0 Å². The fourth-order valence-corrected chi connectivity index (χ4v) is 1.41. The quantitative estimate of drug-likeness (QED) is 0.616. The predicted octanol–water partition coefficient (Wildman–Crippen LogP) is 3.13. The van der Waals surface area contributed by atoms with Gasteiger partial charge in [-0.3, -0.25) is 4.98 Å². The summed E-state index contributed by atoms with van der Waals surface area (Å²) in [7, 11) is 0. The summed E-state index contributed by atoms with van der Waals surface area (Å²) in [5.41, 5.74) is 2.62. The molecule has 2 heteroatoms. The van der Waals surface area contributed by atoms with Crippen LogP contribution in [0.15, 0.2) is 29.0 Å². The van der Waals surface area contributed by atoms with Crippen LogP contribution in [0.3, 0.4) is 0 Å². The molecule has 0 saturated heterocycles. The van der Waals surface area contributed by atoms with Gasteiger partial charge in [-0.25, -0.2) is 0 Å². The van der Waals surface area contributed by atoms with E-state index in [-0.39, 0.29) is 11.7 Å². The molecule has 0 atom stereocenters. The number of fused-ring (bicyclic) bond motifs is 1. The van der Waals surface area contributed by atoms with Crippen LogP contribution in [0.2, 0.25) is 0 Å². The zero-order valence-electron chi connectivity index (χ0n) is 9.09. The minimum atomic E-state index is 0.0193. The third-order valence-corrected chi connectivity index (χ3v) is 2.10. The molecule has 2 nitrogen and oxygen atoms in total. The number of hydrogen-bond acceptors (Lipinski definition) is 2. The first-order valence-electron chi connectivity index (χ1n) is 4.84. The molecule has 0 aromatic carbocycles. The first-order chi connectivity index (χ1) is 6.48. The average molecular weight is 176 g/mol. The van der Waals surface area contributed by atoms with E-state index < -0.39 is 0 Å². The molecule has 0 radical (unpaired) electrons. The Balaban J connectivity index is 2.77. The van der Waals surface area contributed by atoms with Gasteiger partial charge in [0.05, 0.1) is 6.24 Å². The van der Waals surface area contributed by atoms with E-state index in [1.54, 1.807) is 12.3 Å². The molecule has 0 N–H and O–H groups in total. The lowest BCUT2D eigenvalue weighted by Gasteiger charge is -2.18. The van der Waals surface area contributed by atoms with E-state index in [0.717, 1.165) is 16.7 Å². The van der Waals surface area contributed by atoms with Crippen LogP contribution < -0.4 is 0 Å². The van der Waals surface area contributed by atoms with E-state index in [1.807, 2.05) is 6.07 Å². The Kier molecular flexibility index (Phi) is 1.42. The van der Waals surface area contributed by atoms with E-state index in [0.29, 0.717) is 0 Å². The van der Waals surface area contributed by atoms with Crippen LogP contribution in [0.4, 0.5) is 0 Å². The SMILES string of the molecule is [2H]c1cc2nccc(C(C)(C)C)c2o1. The summed E-state index contributed by atoms with van der Waals surface area (Å²) in [6, 6.07) is 3.59. The van der Waals surface area contributed by atoms with E-state index in [2.05, 4.69) is 25.8 Å². The van der Waals surface area contributed by atoms with Gasteiger partial charge in [-0.1, -0.05) is 20.8 Å². The molecule has 0 unspecified atom stereocenters. The van der Waals surface area contributed by atoms with Crippen LogP contribution in [0, 0.1) is 0 Å². The molecule has 0 aliphatic carbocycles. The fourth-order valence-electron chi connectivity index (χ4n) is 1.41. The monoisotopic (exact) mass is 176 g/mol. The van der Waals surface area contributed by atoms with Gasteiger partial charge < -0.3 is 4.42 Å². The van der Waals surface area contributed by atoms with E-state index in [4.69, 9.17) is 5.79 Å². The smallest absolute Gasteiger partial charge is 0.155 e. The number of nitrogens with zero attached hydrogens (tertiary/aromatic N) is 1. The lowest BCUT2D eigenvalue weighted by molar-refractivity contribution is 0.558. The minimum Gasteiger partial charge on any atom is -0.462 e. The largest absolute Gasteiger partial charge is 0.462 e. The van der Waals surface area contributed by atoms with Crippen molar-refractivity contribution in [2.75, 3.05) is 0 Å². The van der Waals surface area contributed by atoms with Gasteiger partial charge in [0.2, 0.25) is 0 Å². The van der Waals surface area contributed by atoms with Crippen LogP contribution >= 0.6 is 0 Å². The van der Waals surface area contributed by atoms with Gasteiger partial charge in [0.1, 0.15) is 6.89 Å². The molecule has 0 aliphatic heterocycles. The number of furan rings is 1. The van der Waals surface area contributed by atoms with E-state index >= 15 is 0 Å². The second-order valence-corrected chi connectivity index (χ2v) is 4.19. The highest BCUT2D eigenvalue weighted by molar-refractivity contribution is 5.76. The molecule has 2 aromatic rings. The molecule has 0 aliphatic rings. The van der Waals surface area contributed by atoms with Gasteiger partial charge in [0, 0.05) is 17.8 Å². The number of pyridine rings is 1. The number of rotatable bonds is 0. The lowest BCUT2D eigenvalue weighted by atomic mass is 9.87. The Hall–Kier alpha value is -1.31. The summed E-state index contributed by atoms with van der Waals surface area (Å²) < 4.78 is 12.7. The Morgan fingerprint density at radius 3 is 2.85 bits per heavy atom. The Morgan fingerprint density at radius 1 is 1.38 bits per heavy atom. The molecule has 0 bridgehead atoms. The number of aromatic nitrogens is 1. The van der Waals surface area contributed by atoms with Crippen molar-refractivity contribution in [3.8, 4) is 0 Å². The van der Waals surface area contributed by atoms with Crippen molar-refractivity contribution in [3.63, 3.8) is 0 Å². The molecule has 0 spiro atoms. The highest BCUT2D eigenvalue weighted by atomic mass is 16.3. The van der Waals surface area contributed by atoms with Crippen molar-refractivity contribution in [1.82, 2.24) is 4.98 Å². The normalized spacial score (nSPS) is 13.3. The zero-order valence-corrected chi connectivity index (χ0v) is 8.09. The molecular weight excluding hydrogens is 162 g/mol. The van der Waals surface area contributed by atoms with E-state index in [1.165, 1.54) is 0 Å². The molecule has 2 aromatic heterocycles. The van der Waals surface area contributed by atoms with Gasteiger partial charge in [0.25, 0.3) is 0 Å². The Labute approximate surface area is 79.0 Å². The summed E-state index contributed by atoms with van der Waals surface area (Å²) in [5, 5.41) is 0. The maximum atomic E-state index is 7.42. The van der Waals surface area contributed by atoms with Crippen molar-refractivity contribution in [2.24, 2.45) is 0 Å². The lowest BCUT2D eigenvalue weighted by Crippen LogP contribution is -2.11. The first-order valence-corrected chi connectivity index (χ1v) is 4.34. The zero-order chi connectivity index (χ0) is 10.3. The third-order valence-electron chi connectivity index (χ3n) is 2.10. The average Bonchev–Trinajstić information content (AvgIpc) is 2.41. The van der Waals surface area contributed by atoms with Crippen molar-refractivity contribution < 1.29 is 5.79 Å². The molecule has 13 heavy (non-hydrogen) atoms. The fraction of sp³-hybridized carbons (Fsp3) is 0.364. The van der Waals surface area contributed by atoms with Crippen LogP contribution in [0.1, 0.15) is 27.7 Å². The highest BCUT2D eigenvalue weighted by Gasteiger charge is 2.18. The Bertz CT molecular complexity index is 468. The van der Waals surface area contributed by atoms with Crippen LogP contribution in [0.25, 0.3) is 11.1 Å². The summed E-state index contributed by atoms with van der Waals surface area (Å²) in [6.45, 7) is 6.36. The van der Waals surface area contributed by atoms with Gasteiger partial charge in [-0.2, -0.15) is 0 Å². The second-order valence-electron chi connectivity index (χ2n) is 4.19. The molecule has 0 amide bonds. The summed E-state index contributed by atoms with van der Waals surface area (Å²) in [4.78, 5) is 4.16. The van der Waals surface area contributed by atoms with Crippen molar-refractivity contribution >= 4 is 11.1 Å². The van der Waals surface area contributed by atoms with Crippen molar-refractivity contribution in [3.05, 3.63) is 30.1 Å². The van der Waals surface area contributed by atoms with Gasteiger partial charge >= 0.3 is 0 Å². The van der Waals surface area contributed by atoms with Gasteiger partial charge in [-0.15, -0.1) is 0 Å². The summed E-state index contributed by atoms with van der Waals surface area (Å²) >= 11 is 0. The number of hydrogen-bond donors (Lipinski definition) is 0. The second kappa shape index (κ2) is 2.59. The topological polar surface area (TPSA) is 26.0 Å². The first kappa shape index (κ1) is 7.13. The molecule has 0 saturated carbocycles. The van der Waals surface area contributed by atoms with Crippen molar-refractivity contribution in [2.45, 2.75) is 26.2 Å².